The van der Waals surface area contributed by atoms with E-state index in [9.17, 15) is 9.90 Å². The summed E-state index contributed by atoms with van der Waals surface area (Å²) in [6, 6.07) is 1.38. The van der Waals surface area contributed by atoms with Crippen molar-refractivity contribution in [2.75, 3.05) is 21.3 Å². The van der Waals surface area contributed by atoms with Gasteiger partial charge in [-0.15, -0.1) is 0 Å². The van der Waals surface area contributed by atoms with Crippen molar-refractivity contribution in [3.8, 4) is 17.2 Å². The van der Waals surface area contributed by atoms with E-state index in [0.717, 1.165) is 0 Å². The number of hydrogen-bond acceptors (Lipinski definition) is 6. The number of rotatable bonds is 7. The summed E-state index contributed by atoms with van der Waals surface area (Å²) in [6.45, 7) is 5.22. The second-order valence-electron chi connectivity index (χ2n) is 4.79. The van der Waals surface area contributed by atoms with E-state index in [1.807, 2.05) is 0 Å². The number of halogens is 2. The second-order valence-corrected chi connectivity index (χ2v) is 6.02. The molecule has 0 atom stereocenters. The summed E-state index contributed by atoms with van der Waals surface area (Å²) < 4.78 is 15.8. The van der Waals surface area contributed by atoms with Crippen LogP contribution >= 0.6 is 27.5 Å². The maximum absolute atomic E-state index is 13.2. The molecule has 1 rings (SSSR count). The lowest BCUT2D eigenvalue weighted by atomic mass is 9.96. The number of phenolic OH excluding ortho intramolecular Hbond substituents is 1. The summed E-state index contributed by atoms with van der Waals surface area (Å²) in [5.41, 5.74) is 6.33. The number of phenols is 1. The van der Waals surface area contributed by atoms with Gasteiger partial charge in [0, 0.05) is 4.48 Å². The molecule has 0 saturated carbocycles. The van der Waals surface area contributed by atoms with Crippen molar-refractivity contribution < 1.29 is 24.1 Å². The molecule has 0 bridgehead atoms. The van der Waals surface area contributed by atoms with Crippen molar-refractivity contribution >= 4 is 33.3 Å². The molecule has 8 heteroatoms. The summed E-state index contributed by atoms with van der Waals surface area (Å²) >= 11 is 9.48. The molecule has 25 heavy (non-hydrogen) atoms. The number of allylic oxidation sites excluding steroid dienone is 4. The predicted octanol–water partition coefficient (Wildman–Crippen LogP) is 3.75. The fourth-order valence-corrected chi connectivity index (χ4v) is 2.64. The normalized spacial score (nSPS) is 12.7. The molecule has 0 fully saturated rings. The minimum Gasteiger partial charge on any atom is -0.504 e. The zero-order valence-electron chi connectivity index (χ0n) is 14.3. The molecule has 0 amide bonds. The lowest BCUT2D eigenvalue weighted by Gasteiger charge is -2.18. The summed E-state index contributed by atoms with van der Waals surface area (Å²) in [4.78, 5) is 13.2. The number of nitrogens with two attached hydrogens (primary N) is 1. The van der Waals surface area contributed by atoms with E-state index < -0.39 is 5.78 Å². The van der Waals surface area contributed by atoms with Crippen LogP contribution in [-0.4, -0.2) is 32.2 Å². The Labute approximate surface area is 159 Å². The minimum atomic E-state index is -0.559. The van der Waals surface area contributed by atoms with Gasteiger partial charge in [0.2, 0.25) is 11.5 Å². The second kappa shape index (κ2) is 8.82. The summed E-state index contributed by atoms with van der Waals surface area (Å²) in [6.07, 6.45) is 1.42. The first-order valence-electron chi connectivity index (χ1n) is 6.96. The molecule has 0 radical (unpaired) electrons. The van der Waals surface area contributed by atoms with Gasteiger partial charge >= 0.3 is 0 Å². The SMILES string of the molecule is C=C/C(Br)=C(Cl)\C(C(=O)c1c(C)cc(O)c(OC)c1OC)=C(/N)OC. The van der Waals surface area contributed by atoms with E-state index in [4.69, 9.17) is 31.5 Å². The predicted molar refractivity (Wildman–Crippen MR) is 101 cm³/mol. The van der Waals surface area contributed by atoms with Gasteiger partial charge in [-0.05, 0) is 34.5 Å². The standard InChI is InChI=1S/C17H19BrClNO5/c1-6-9(18)13(19)12(17(20)25-5)14(22)11-8(2)7-10(21)15(23-3)16(11)24-4/h6-7,21H,1,20H2,2-5H3/b13-9-,17-12-. The summed E-state index contributed by atoms with van der Waals surface area (Å²) in [7, 11) is 4.02. The van der Waals surface area contributed by atoms with Crippen LogP contribution < -0.4 is 15.2 Å². The number of methoxy groups -OCH3 is 3. The fourth-order valence-electron chi connectivity index (χ4n) is 2.18. The highest BCUT2D eigenvalue weighted by atomic mass is 79.9. The molecule has 1 aromatic carbocycles. The molecule has 3 N–H and O–H groups in total. The van der Waals surface area contributed by atoms with Gasteiger partial charge in [0.15, 0.2) is 17.4 Å². The van der Waals surface area contributed by atoms with Crippen LogP contribution in [0.2, 0.25) is 0 Å². The van der Waals surface area contributed by atoms with Gasteiger partial charge < -0.3 is 25.1 Å². The van der Waals surface area contributed by atoms with Crippen molar-refractivity contribution in [2.45, 2.75) is 6.92 Å². The topological polar surface area (TPSA) is 91.0 Å². The van der Waals surface area contributed by atoms with E-state index in [0.29, 0.717) is 10.0 Å². The lowest BCUT2D eigenvalue weighted by Crippen LogP contribution is -2.16. The van der Waals surface area contributed by atoms with Crippen LogP contribution in [0.15, 0.2) is 39.7 Å². The van der Waals surface area contributed by atoms with Crippen LogP contribution in [0.25, 0.3) is 0 Å². The molecule has 0 unspecified atom stereocenters. The van der Waals surface area contributed by atoms with Gasteiger partial charge in [-0.3, -0.25) is 4.79 Å². The van der Waals surface area contributed by atoms with Gasteiger partial charge in [0.05, 0.1) is 31.9 Å². The average molecular weight is 433 g/mol. The van der Waals surface area contributed by atoms with Crippen molar-refractivity contribution in [1.82, 2.24) is 0 Å². The van der Waals surface area contributed by atoms with Gasteiger partial charge in [0.1, 0.15) is 5.57 Å². The van der Waals surface area contributed by atoms with Gasteiger partial charge in [-0.25, -0.2) is 0 Å². The Bertz CT molecular complexity index is 771. The third-order valence-corrected chi connectivity index (χ3v) is 4.69. The molecular weight excluding hydrogens is 414 g/mol. The number of aryl methyl sites for hydroxylation is 1. The average Bonchev–Trinajstić information content (AvgIpc) is 2.59. The molecule has 0 heterocycles. The number of hydrogen-bond donors (Lipinski definition) is 2. The fraction of sp³-hybridized carbons (Fsp3) is 0.235. The summed E-state index contributed by atoms with van der Waals surface area (Å²) in [5.74, 6) is -0.814. The van der Waals surface area contributed by atoms with Crippen LogP contribution in [-0.2, 0) is 4.74 Å². The number of Topliss-reactive ketones (excluding diaryl/α,β-unsaturated/α-hetero) is 1. The molecule has 0 aliphatic rings. The molecule has 0 spiro atoms. The Kier molecular flexibility index (Phi) is 7.38. The largest absolute Gasteiger partial charge is 0.504 e. The Morgan fingerprint density at radius 2 is 1.88 bits per heavy atom. The van der Waals surface area contributed by atoms with E-state index in [-0.39, 0.29) is 39.3 Å². The highest BCUT2D eigenvalue weighted by Crippen LogP contribution is 2.43. The van der Waals surface area contributed by atoms with Gasteiger partial charge in [0.25, 0.3) is 0 Å². The first-order valence-corrected chi connectivity index (χ1v) is 8.13. The molecule has 0 aliphatic carbocycles. The zero-order chi connectivity index (χ0) is 19.3. The minimum absolute atomic E-state index is 0.0212. The van der Waals surface area contributed by atoms with Crippen LogP contribution in [0.4, 0.5) is 0 Å². The van der Waals surface area contributed by atoms with Crippen LogP contribution in [0.5, 0.6) is 17.2 Å². The van der Waals surface area contributed by atoms with E-state index in [1.165, 1.54) is 33.5 Å². The molecule has 136 valence electrons. The van der Waals surface area contributed by atoms with Crippen LogP contribution in [0.1, 0.15) is 15.9 Å². The Balaban J connectivity index is 3.81. The maximum Gasteiger partial charge on any atom is 0.204 e. The third kappa shape index (κ3) is 4.11. The number of carbonyl (C=O) groups excluding carboxylic acids is 1. The first-order chi connectivity index (χ1) is 11.7. The van der Waals surface area contributed by atoms with Gasteiger partial charge in [-0.1, -0.05) is 24.3 Å². The molecule has 6 nitrogen and oxygen atoms in total. The molecule has 0 saturated heterocycles. The number of carbonyl (C=O) groups is 1. The zero-order valence-corrected chi connectivity index (χ0v) is 16.6. The van der Waals surface area contributed by atoms with Crippen LogP contribution in [0, 0.1) is 6.92 Å². The molecular formula is C17H19BrClNO5. The molecule has 0 aliphatic heterocycles. The monoisotopic (exact) mass is 431 g/mol. The van der Waals surface area contributed by atoms with Crippen LogP contribution in [0.3, 0.4) is 0 Å². The van der Waals surface area contributed by atoms with E-state index >= 15 is 0 Å². The highest BCUT2D eigenvalue weighted by Gasteiger charge is 2.29. The van der Waals surface area contributed by atoms with Crippen molar-refractivity contribution in [2.24, 2.45) is 5.73 Å². The third-order valence-electron chi connectivity index (χ3n) is 3.35. The number of ketones is 1. The Morgan fingerprint density at radius 3 is 2.32 bits per heavy atom. The van der Waals surface area contributed by atoms with E-state index in [2.05, 4.69) is 22.5 Å². The van der Waals surface area contributed by atoms with Gasteiger partial charge in [-0.2, -0.15) is 0 Å². The van der Waals surface area contributed by atoms with Crippen molar-refractivity contribution in [3.63, 3.8) is 0 Å². The van der Waals surface area contributed by atoms with Crippen molar-refractivity contribution in [3.05, 3.63) is 50.8 Å². The van der Waals surface area contributed by atoms with E-state index in [1.54, 1.807) is 6.92 Å². The summed E-state index contributed by atoms with van der Waals surface area (Å²) in [5, 5.41) is 10.0. The first kappa shape index (κ1) is 20.9. The number of benzene rings is 1. The van der Waals surface area contributed by atoms with Crippen molar-refractivity contribution in [1.29, 1.82) is 0 Å². The smallest absolute Gasteiger partial charge is 0.204 e. The Morgan fingerprint density at radius 1 is 1.32 bits per heavy atom. The highest BCUT2D eigenvalue weighted by molar-refractivity contribution is 9.12. The number of aromatic hydroxyl groups is 1. The molecule has 0 aromatic heterocycles. The molecule has 1 aromatic rings. The maximum atomic E-state index is 13.2. The number of ether oxygens (including phenoxy) is 3. The quantitative estimate of drug-likeness (QED) is 0.295. The lowest BCUT2D eigenvalue weighted by molar-refractivity contribution is 0.102. The Hall–Kier alpha value is -2.12.